The Morgan fingerprint density at radius 1 is 0.961 bits per heavy atom. The summed E-state index contributed by atoms with van der Waals surface area (Å²) in [4.78, 5) is 66.3. The fourth-order valence-electron chi connectivity index (χ4n) is 10.4. The monoisotopic (exact) mass is 1090 g/mol. The predicted octanol–water partition coefficient (Wildman–Crippen LogP) is 6.75. The third kappa shape index (κ3) is 14.1. The number of ketones is 1. The molecule has 3 amide bonds. The lowest BCUT2D eigenvalue weighted by molar-refractivity contribution is -0.145. The van der Waals surface area contributed by atoms with Gasteiger partial charge in [-0.15, -0.1) is 11.3 Å². The second-order valence-electron chi connectivity index (χ2n) is 20.7. The first-order valence-corrected chi connectivity index (χ1v) is 27.4. The SMILES string of the molecule is CO[C@@H]1O[C@H](C)[C@H](F)[C@H]1O.CO[C@@H]1[C@@H](F)[C@@H](C)O[C@H]1CO.COc1ccc2c(O[C@@H]3C[C@H]4C(=O)N[C@]5(C(C)=O)C[C@H]5/C=C\CCCCC[C@H](NC(=O)OC5CCCC5)C(=O)N4C3)cc(-c3csc(NC(C)C)n3)nc2c1. The Morgan fingerprint density at radius 2 is 1.70 bits per heavy atom. The Bertz CT molecular complexity index is 2480. The smallest absolute Gasteiger partial charge is 0.408 e. The van der Waals surface area contributed by atoms with Crippen molar-refractivity contribution >= 4 is 51.1 Å². The van der Waals surface area contributed by atoms with Gasteiger partial charge in [0.15, 0.2) is 29.5 Å². The topological polar surface area (TPSA) is 238 Å². The van der Waals surface area contributed by atoms with Crippen LogP contribution < -0.4 is 25.4 Å². The van der Waals surface area contributed by atoms with Crippen molar-refractivity contribution in [1.29, 1.82) is 0 Å². The number of alkyl carbamates (subject to hydrolysis) is 1. The fraction of sp³-hybridized carbons (Fsp3) is 0.667. The van der Waals surface area contributed by atoms with Gasteiger partial charge < -0.3 is 64.2 Å². The molecule has 3 saturated heterocycles. The molecule has 1 aromatic carbocycles. The maximum Gasteiger partial charge on any atom is 0.408 e. The van der Waals surface area contributed by atoms with Crippen molar-refractivity contribution in [2.45, 2.75) is 190 Å². The Hall–Kier alpha value is -5.10. The molecule has 19 nitrogen and oxygen atoms in total. The Kier molecular flexibility index (Phi) is 20.4. The van der Waals surface area contributed by atoms with Crippen LogP contribution in [0, 0.1) is 5.92 Å². The first-order chi connectivity index (χ1) is 36.4. The number of aromatic nitrogens is 2. The number of thiazole rings is 1. The zero-order valence-corrected chi connectivity index (χ0v) is 45.5. The highest BCUT2D eigenvalue weighted by molar-refractivity contribution is 7.14. The number of nitrogens with one attached hydrogen (secondary N) is 3. The molecule has 2 saturated carbocycles. The number of fused-ring (bicyclic) bond motifs is 3. The van der Waals surface area contributed by atoms with Gasteiger partial charge in [0.1, 0.15) is 65.3 Å². The van der Waals surface area contributed by atoms with Gasteiger partial charge in [0, 0.05) is 55.5 Å². The van der Waals surface area contributed by atoms with Gasteiger partial charge >= 0.3 is 6.09 Å². The Balaban J connectivity index is 0.000000331. The molecule has 5 fully saturated rings. The molecular weight excluding hydrogens is 1010 g/mol. The number of rotatable bonds is 12. The third-order valence-corrected chi connectivity index (χ3v) is 15.6. The third-order valence-electron chi connectivity index (χ3n) is 14.8. The normalized spacial score (nSPS) is 32.1. The van der Waals surface area contributed by atoms with Crippen LogP contribution in [-0.2, 0) is 38.1 Å². The number of pyridine rings is 1. The minimum absolute atomic E-state index is 0.0949. The van der Waals surface area contributed by atoms with Crippen LogP contribution in [0.2, 0.25) is 0 Å². The van der Waals surface area contributed by atoms with E-state index >= 15 is 0 Å². The summed E-state index contributed by atoms with van der Waals surface area (Å²) >= 11 is 1.49. The van der Waals surface area contributed by atoms with Crippen LogP contribution in [0.1, 0.15) is 105 Å². The van der Waals surface area contributed by atoms with Gasteiger partial charge in [0.25, 0.3) is 0 Å². The lowest BCUT2D eigenvalue weighted by Gasteiger charge is -2.29. The summed E-state index contributed by atoms with van der Waals surface area (Å²) < 4.78 is 63.2. The molecule has 13 atom stereocenters. The van der Waals surface area contributed by atoms with E-state index in [1.165, 1.54) is 37.4 Å². The van der Waals surface area contributed by atoms with Gasteiger partial charge in [-0.3, -0.25) is 14.4 Å². The minimum atomic E-state index is -1.33. The van der Waals surface area contributed by atoms with Gasteiger partial charge in [-0.2, -0.15) is 0 Å². The van der Waals surface area contributed by atoms with Crippen molar-refractivity contribution in [2.75, 3.05) is 39.8 Å². The summed E-state index contributed by atoms with van der Waals surface area (Å²) in [7, 11) is 4.39. The van der Waals surface area contributed by atoms with Crippen LogP contribution in [0.25, 0.3) is 22.3 Å². The number of hydrogen-bond donors (Lipinski definition) is 5. The van der Waals surface area contributed by atoms with Gasteiger partial charge in [-0.05, 0) is 98.1 Å². The Morgan fingerprint density at radius 3 is 2.33 bits per heavy atom. The number of carbonyl (C=O) groups is 4. The van der Waals surface area contributed by atoms with Gasteiger partial charge in [-0.1, -0.05) is 25.0 Å². The van der Waals surface area contributed by atoms with E-state index in [4.69, 9.17) is 48.6 Å². The van der Waals surface area contributed by atoms with Gasteiger partial charge in [0.05, 0.1) is 43.7 Å². The molecule has 6 aliphatic rings. The molecule has 2 aliphatic carbocycles. The summed E-state index contributed by atoms with van der Waals surface area (Å²) in [6.45, 7) is 8.71. The fourth-order valence-corrected chi connectivity index (χ4v) is 11.3. The van der Waals surface area contributed by atoms with Crippen LogP contribution in [0.5, 0.6) is 11.5 Å². The van der Waals surface area contributed by atoms with E-state index in [-0.39, 0.29) is 49.3 Å². The van der Waals surface area contributed by atoms with Gasteiger partial charge in [-0.25, -0.2) is 23.5 Å². The average Bonchev–Trinajstić information content (AvgIpc) is 4.05. The maximum atomic E-state index is 14.6. The minimum Gasteiger partial charge on any atom is -0.497 e. The number of amides is 3. The number of benzene rings is 1. The van der Waals surface area contributed by atoms with Crippen LogP contribution in [0.15, 0.2) is 41.8 Å². The number of hydrogen-bond acceptors (Lipinski definition) is 17. The molecule has 3 aromatic rings. The van der Waals surface area contributed by atoms with Crippen molar-refractivity contribution < 1.29 is 71.3 Å². The number of nitrogens with zero attached hydrogens (tertiary/aromatic N) is 3. The molecule has 6 heterocycles. The summed E-state index contributed by atoms with van der Waals surface area (Å²) in [6.07, 6.45) is 4.22. The van der Waals surface area contributed by atoms with E-state index in [2.05, 4.69) is 40.6 Å². The number of aliphatic hydroxyl groups is 2. The molecule has 420 valence electrons. The molecular formula is C54H76F2N6O13S. The maximum absolute atomic E-state index is 14.6. The second-order valence-corrected chi connectivity index (χ2v) is 21.6. The lowest BCUT2D eigenvalue weighted by Crippen LogP contribution is -2.56. The van der Waals surface area contributed by atoms with E-state index < -0.39 is 84.9 Å². The average molecular weight is 1090 g/mol. The summed E-state index contributed by atoms with van der Waals surface area (Å²) in [5, 5.41) is 30.5. The second kappa shape index (κ2) is 26.5. The van der Waals surface area contributed by atoms with E-state index in [1.807, 2.05) is 35.7 Å². The highest BCUT2D eigenvalue weighted by Gasteiger charge is 2.59. The molecule has 0 bridgehead atoms. The summed E-state index contributed by atoms with van der Waals surface area (Å²) in [5.41, 5.74) is 0.918. The largest absolute Gasteiger partial charge is 0.497 e. The van der Waals surface area contributed by atoms with Crippen molar-refractivity contribution in [3.05, 3.63) is 41.8 Å². The predicted molar refractivity (Wildman–Crippen MR) is 280 cm³/mol. The number of halogens is 2. The number of allylic oxidation sites excluding steroid dienone is 1. The number of ether oxygens (including phenoxy) is 7. The zero-order chi connectivity index (χ0) is 54.8. The Labute approximate surface area is 447 Å². The number of aliphatic hydroxyl groups excluding tert-OH is 2. The molecule has 0 spiro atoms. The molecule has 2 aromatic heterocycles. The van der Waals surface area contributed by atoms with Crippen LogP contribution in [0.4, 0.5) is 18.7 Å². The summed E-state index contributed by atoms with van der Waals surface area (Å²) in [5.74, 6) is 0.164. The first kappa shape index (κ1) is 58.6. The highest BCUT2D eigenvalue weighted by Crippen LogP contribution is 2.46. The van der Waals surface area contributed by atoms with E-state index in [0.29, 0.717) is 47.7 Å². The lowest BCUT2D eigenvalue weighted by atomic mass is 10.0. The number of carbonyl (C=O) groups excluding carboxylic acids is 4. The molecule has 0 unspecified atom stereocenters. The molecule has 5 N–H and O–H groups in total. The van der Waals surface area contributed by atoms with E-state index in [1.54, 1.807) is 21.0 Å². The molecule has 9 rings (SSSR count). The standard InChI is InChI=1S/C41H52N6O7S.C7H13FO3.C6H11FO3/c1-24(2)42-39-44-34(23-55-39)33-20-36(30-17-16-28(52-4)18-32(30)43-33)53-29-19-35-37(49)46-41(25(3)48)21-26(41)12-8-6-5-7-9-15-31(38(50)47(35)22-29)45-40(51)54-27-13-10-11-14-27;1-4-6(8)7(10-2)5(3-9)11-4;1-3-4(7)5(8)6(9-2)10-3/h8,12,16-18,20,23-24,26-27,29,31,35H,5-7,9-11,13-15,19,21-22H2,1-4H3,(H,42,44)(H,45,51)(H,46,49);4-7,9H,3H2,1-2H3;3-6,8H,1-2H3/b12-8-;;/t26-,29-,31+,35+,41+;4-,5+,6+,7+;3-,4+,5-,6-/m111/s1. The van der Waals surface area contributed by atoms with Crippen LogP contribution >= 0.6 is 11.3 Å². The summed E-state index contributed by atoms with van der Waals surface area (Å²) in [6, 6.07) is 5.78. The number of methoxy groups -OCH3 is 3. The zero-order valence-electron chi connectivity index (χ0n) is 44.7. The van der Waals surface area contributed by atoms with E-state index in [0.717, 1.165) is 55.5 Å². The van der Waals surface area contributed by atoms with Crippen LogP contribution in [-0.4, -0.2) is 168 Å². The van der Waals surface area contributed by atoms with Crippen LogP contribution in [0.3, 0.4) is 0 Å². The quantitative estimate of drug-likeness (QED) is 0.118. The molecule has 22 heteroatoms. The van der Waals surface area contributed by atoms with Crippen molar-refractivity contribution in [3.63, 3.8) is 0 Å². The van der Waals surface area contributed by atoms with Crippen molar-refractivity contribution in [3.8, 4) is 22.9 Å². The number of alkyl halides is 2. The molecule has 4 aliphatic heterocycles. The van der Waals surface area contributed by atoms with E-state index in [9.17, 15) is 28.0 Å². The molecule has 0 radical (unpaired) electrons. The van der Waals surface area contributed by atoms with Crippen molar-refractivity contribution in [1.82, 2.24) is 25.5 Å². The highest BCUT2D eigenvalue weighted by atomic mass is 32.1. The number of anilines is 1. The van der Waals surface area contributed by atoms with Crippen molar-refractivity contribution in [2.24, 2.45) is 5.92 Å². The molecule has 76 heavy (non-hydrogen) atoms. The first-order valence-electron chi connectivity index (χ1n) is 26.5. The number of Topliss-reactive ketones (excluding diaryl/α,β-unsaturated/α-hetero) is 1. The van der Waals surface area contributed by atoms with Gasteiger partial charge in [0.2, 0.25) is 11.8 Å².